The molecule has 0 heterocycles. The second-order valence-corrected chi connectivity index (χ2v) is 5.21. The molecule has 0 spiro atoms. The number of amides is 2. The van der Waals surface area contributed by atoms with Crippen molar-refractivity contribution >= 4 is 35.3 Å². The number of methoxy groups -OCH3 is 2. The summed E-state index contributed by atoms with van der Waals surface area (Å²) in [5, 5.41) is 6.71. The van der Waals surface area contributed by atoms with Crippen LogP contribution in [-0.2, 0) is 9.59 Å². The van der Waals surface area contributed by atoms with E-state index in [9.17, 15) is 9.59 Å². The Kier molecular flexibility index (Phi) is 6.36. The molecule has 0 radical (unpaired) electrons. The summed E-state index contributed by atoms with van der Waals surface area (Å²) >= 11 is 5.75. The van der Waals surface area contributed by atoms with Gasteiger partial charge in [0.05, 0.1) is 20.4 Å². The molecule has 7 nitrogen and oxygen atoms in total. The molecule has 0 aromatic heterocycles. The van der Waals surface area contributed by atoms with Gasteiger partial charge in [0.2, 0.25) is 0 Å². The number of carbonyl (C=O) groups is 2. The molecule has 0 unspecified atom stereocenters. The molecular formula is C17H16ClN3O4. The van der Waals surface area contributed by atoms with Crippen molar-refractivity contribution in [1.29, 1.82) is 0 Å². The normalized spacial score (nSPS) is 10.4. The first kappa shape index (κ1) is 18.3. The third-order valence-corrected chi connectivity index (χ3v) is 3.35. The van der Waals surface area contributed by atoms with E-state index in [0.29, 0.717) is 27.8 Å². The lowest BCUT2D eigenvalue weighted by Gasteiger charge is -2.07. The van der Waals surface area contributed by atoms with Crippen LogP contribution in [-0.4, -0.2) is 32.2 Å². The highest BCUT2D eigenvalue weighted by atomic mass is 35.5. The molecule has 25 heavy (non-hydrogen) atoms. The van der Waals surface area contributed by atoms with Crippen molar-refractivity contribution in [1.82, 2.24) is 5.43 Å². The first-order chi connectivity index (χ1) is 12.0. The molecule has 0 fully saturated rings. The summed E-state index contributed by atoms with van der Waals surface area (Å²) in [5.74, 6) is -0.636. The maximum atomic E-state index is 11.8. The van der Waals surface area contributed by atoms with Gasteiger partial charge in [0.15, 0.2) is 11.5 Å². The highest BCUT2D eigenvalue weighted by Crippen LogP contribution is 2.26. The standard InChI is InChI=1S/C17H16ClN3O4/c1-24-14-8-3-11(9-15(14)25-2)10-19-21-17(23)16(22)20-13-6-4-12(18)5-7-13/h3-10H,1-2H3,(H,20,22)(H,21,23)/b19-10+. The van der Waals surface area contributed by atoms with Crippen LogP contribution in [0.25, 0.3) is 0 Å². The summed E-state index contributed by atoms with van der Waals surface area (Å²) in [6, 6.07) is 11.5. The van der Waals surface area contributed by atoms with Gasteiger partial charge < -0.3 is 14.8 Å². The van der Waals surface area contributed by atoms with Gasteiger partial charge in [-0.15, -0.1) is 0 Å². The van der Waals surface area contributed by atoms with Gasteiger partial charge >= 0.3 is 11.8 Å². The molecule has 0 aliphatic heterocycles. The van der Waals surface area contributed by atoms with E-state index in [2.05, 4.69) is 15.8 Å². The van der Waals surface area contributed by atoms with E-state index in [-0.39, 0.29) is 0 Å². The monoisotopic (exact) mass is 361 g/mol. The summed E-state index contributed by atoms with van der Waals surface area (Å²) in [7, 11) is 3.05. The van der Waals surface area contributed by atoms with E-state index in [1.807, 2.05) is 0 Å². The fraction of sp³-hybridized carbons (Fsp3) is 0.118. The van der Waals surface area contributed by atoms with Crippen LogP contribution < -0.4 is 20.2 Å². The Bertz CT molecular complexity index is 791. The summed E-state index contributed by atoms with van der Waals surface area (Å²) in [5.41, 5.74) is 3.26. The summed E-state index contributed by atoms with van der Waals surface area (Å²) in [4.78, 5) is 23.5. The van der Waals surface area contributed by atoms with E-state index in [0.717, 1.165) is 0 Å². The SMILES string of the molecule is COc1ccc(/C=N/NC(=O)C(=O)Nc2ccc(Cl)cc2)cc1OC. The average molecular weight is 362 g/mol. The number of nitrogens with one attached hydrogen (secondary N) is 2. The van der Waals surface area contributed by atoms with Crippen LogP contribution in [0, 0.1) is 0 Å². The first-order valence-corrected chi connectivity index (χ1v) is 7.53. The van der Waals surface area contributed by atoms with Crippen LogP contribution in [0.2, 0.25) is 5.02 Å². The van der Waals surface area contributed by atoms with Crippen molar-refractivity contribution < 1.29 is 19.1 Å². The maximum Gasteiger partial charge on any atom is 0.329 e. The summed E-state index contributed by atoms with van der Waals surface area (Å²) in [6.07, 6.45) is 1.38. The number of ether oxygens (including phenoxy) is 2. The molecule has 0 aliphatic rings. The van der Waals surface area contributed by atoms with Crippen LogP contribution in [0.3, 0.4) is 0 Å². The molecule has 130 valence electrons. The molecule has 0 atom stereocenters. The minimum Gasteiger partial charge on any atom is -0.493 e. The molecule has 0 saturated heterocycles. The number of hydrazone groups is 1. The van der Waals surface area contributed by atoms with Crippen LogP contribution in [0.4, 0.5) is 5.69 Å². The number of halogens is 1. The third-order valence-electron chi connectivity index (χ3n) is 3.10. The predicted molar refractivity (Wildman–Crippen MR) is 95.4 cm³/mol. The minimum absolute atomic E-state index is 0.452. The largest absolute Gasteiger partial charge is 0.493 e. The second-order valence-electron chi connectivity index (χ2n) is 4.77. The second kappa shape index (κ2) is 8.70. The van der Waals surface area contributed by atoms with Crippen LogP contribution >= 0.6 is 11.6 Å². The molecule has 2 aromatic carbocycles. The Hall–Kier alpha value is -3.06. The number of rotatable bonds is 5. The van der Waals surface area contributed by atoms with Gasteiger partial charge in [-0.3, -0.25) is 9.59 Å². The Morgan fingerprint density at radius 1 is 1.00 bits per heavy atom. The zero-order valence-corrected chi connectivity index (χ0v) is 14.3. The van der Waals surface area contributed by atoms with Crippen molar-refractivity contribution in [3.63, 3.8) is 0 Å². The first-order valence-electron chi connectivity index (χ1n) is 7.15. The van der Waals surface area contributed by atoms with Gasteiger partial charge in [0.25, 0.3) is 0 Å². The number of carbonyl (C=O) groups excluding carboxylic acids is 2. The Labute approximate surface area is 149 Å². The van der Waals surface area contributed by atoms with Gasteiger partial charge in [-0.25, -0.2) is 5.43 Å². The highest BCUT2D eigenvalue weighted by Gasteiger charge is 2.12. The van der Waals surface area contributed by atoms with E-state index < -0.39 is 11.8 Å². The van der Waals surface area contributed by atoms with Crippen LogP contribution in [0.5, 0.6) is 11.5 Å². The number of benzene rings is 2. The fourth-order valence-corrected chi connectivity index (χ4v) is 2.00. The number of anilines is 1. The van der Waals surface area contributed by atoms with Gasteiger partial charge in [-0.1, -0.05) is 11.6 Å². The Morgan fingerprint density at radius 2 is 1.68 bits per heavy atom. The molecule has 0 saturated carbocycles. The lowest BCUT2D eigenvalue weighted by molar-refractivity contribution is -0.136. The topological polar surface area (TPSA) is 89.0 Å². The highest BCUT2D eigenvalue weighted by molar-refractivity contribution is 6.39. The maximum absolute atomic E-state index is 11.8. The number of hydrogen-bond donors (Lipinski definition) is 2. The molecule has 2 N–H and O–H groups in total. The van der Waals surface area contributed by atoms with E-state index >= 15 is 0 Å². The van der Waals surface area contributed by atoms with Crippen molar-refractivity contribution in [2.45, 2.75) is 0 Å². The average Bonchev–Trinajstić information content (AvgIpc) is 2.63. The zero-order valence-electron chi connectivity index (χ0n) is 13.6. The Morgan fingerprint density at radius 3 is 2.32 bits per heavy atom. The molecule has 2 aromatic rings. The molecule has 0 aliphatic carbocycles. The zero-order chi connectivity index (χ0) is 18.2. The molecule has 0 bridgehead atoms. The van der Waals surface area contributed by atoms with Crippen LogP contribution in [0.1, 0.15) is 5.56 Å². The van der Waals surface area contributed by atoms with E-state index in [1.54, 1.807) is 42.5 Å². The lowest BCUT2D eigenvalue weighted by Crippen LogP contribution is -2.32. The van der Waals surface area contributed by atoms with Crippen molar-refractivity contribution in [2.24, 2.45) is 5.10 Å². The lowest BCUT2D eigenvalue weighted by atomic mass is 10.2. The van der Waals surface area contributed by atoms with Gasteiger partial charge in [-0.2, -0.15) is 5.10 Å². The minimum atomic E-state index is -0.897. The number of hydrogen-bond acceptors (Lipinski definition) is 5. The third kappa shape index (κ3) is 5.22. The summed E-state index contributed by atoms with van der Waals surface area (Å²) < 4.78 is 10.3. The van der Waals surface area contributed by atoms with Crippen molar-refractivity contribution in [2.75, 3.05) is 19.5 Å². The molecule has 8 heteroatoms. The smallest absolute Gasteiger partial charge is 0.329 e. The van der Waals surface area contributed by atoms with Crippen molar-refractivity contribution in [3.8, 4) is 11.5 Å². The Balaban J connectivity index is 1.93. The van der Waals surface area contributed by atoms with Crippen LogP contribution in [0.15, 0.2) is 47.6 Å². The fourth-order valence-electron chi connectivity index (χ4n) is 1.87. The number of nitrogens with zero attached hydrogens (tertiary/aromatic N) is 1. The van der Waals surface area contributed by atoms with Crippen molar-refractivity contribution in [3.05, 3.63) is 53.1 Å². The molecule has 2 amide bonds. The quantitative estimate of drug-likeness (QED) is 0.486. The van der Waals surface area contributed by atoms with E-state index in [1.165, 1.54) is 20.4 Å². The van der Waals surface area contributed by atoms with Gasteiger partial charge in [-0.05, 0) is 48.0 Å². The predicted octanol–water partition coefficient (Wildman–Crippen LogP) is 2.45. The molecule has 2 rings (SSSR count). The molecular weight excluding hydrogens is 346 g/mol. The van der Waals surface area contributed by atoms with Gasteiger partial charge in [0, 0.05) is 10.7 Å². The van der Waals surface area contributed by atoms with Gasteiger partial charge in [0.1, 0.15) is 0 Å². The summed E-state index contributed by atoms with van der Waals surface area (Å²) in [6.45, 7) is 0. The van der Waals surface area contributed by atoms with E-state index in [4.69, 9.17) is 21.1 Å².